The largest absolute Gasteiger partial charge is 0.380 e. The second-order valence-corrected chi connectivity index (χ2v) is 5.20. The zero-order valence-electron chi connectivity index (χ0n) is 10.3. The van der Waals surface area contributed by atoms with Crippen LogP contribution in [0.2, 0.25) is 0 Å². The van der Waals surface area contributed by atoms with Gasteiger partial charge in [-0.25, -0.2) is 0 Å². The molecule has 0 aliphatic heterocycles. The summed E-state index contributed by atoms with van der Waals surface area (Å²) in [4.78, 5) is 4.16. The summed E-state index contributed by atoms with van der Waals surface area (Å²) in [5.74, 6) is 0. The van der Waals surface area contributed by atoms with Crippen LogP contribution in [0.1, 0.15) is 5.56 Å². The Morgan fingerprint density at radius 2 is 1.89 bits per heavy atom. The Hall–Kier alpha value is -1.87. The van der Waals surface area contributed by atoms with Crippen LogP contribution in [0.4, 0.5) is 5.69 Å². The van der Waals surface area contributed by atoms with Crippen molar-refractivity contribution in [2.24, 2.45) is 0 Å². The molecule has 94 valence electrons. The molecule has 0 bridgehead atoms. The number of hydrogen-bond acceptors (Lipinski definition) is 2. The van der Waals surface area contributed by atoms with Crippen molar-refractivity contribution in [3.63, 3.8) is 0 Å². The van der Waals surface area contributed by atoms with Crippen LogP contribution in [-0.2, 0) is 6.54 Å². The predicted octanol–water partition coefficient (Wildman–Crippen LogP) is 4.61. The van der Waals surface area contributed by atoms with E-state index in [1.807, 2.05) is 30.6 Å². The third-order valence-corrected chi connectivity index (χ3v) is 3.81. The van der Waals surface area contributed by atoms with Gasteiger partial charge in [0.15, 0.2) is 0 Å². The van der Waals surface area contributed by atoms with Crippen molar-refractivity contribution in [3.8, 4) is 0 Å². The summed E-state index contributed by atoms with van der Waals surface area (Å²) in [6.45, 7) is 0.796. The van der Waals surface area contributed by atoms with E-state index in [2.05, 4.69) is 56.6 Å². The average Bonchev–Trinajstić information content (AvgIpc) is 2.46. The minimum Gasteiger partial charge on any atom is -0.380 e. The van der Waals surface area contributed by atoms with E-state index in [1.54, 1.807) is 0 Å². The first-order valence-electron chi connectivity index (χ1n) is 6.14. The zero-order chi connectivity index (χ0) is 13.1. The summed E-state index contributed by atoms with van der Waals surface area (Å²) < 4.78 is 1.08. The summed E-state index contributed by atoms with van der Waals surface area (Å²) in [6, 6.07) is 16.5. The molecular formula is C16H13BrN2. The lowest BCUT2D eigenvalue weighted by molar-refractivity contribution is 1.16. The van der Waals surface area contributed by atoms with Crippen molar-refractivity contribution in [3.05, 3.63) is 71.0 Å². The van der Waals surface area contributed by atoms with Crippen LogP contribution in [0.5, 0.6) is 0 Å². The van der Waals surface area contributed by atoms with E-state index >= 15 is 0 Å². The van der Waals surface area contributed by atoms with Gasteiger partial charge in [0.25, 0.3) is 0 Å². The number of nitrogens with zero attached hydrogens (tertiary/aromatic N) is 1. The topological polar surface area (TPSA) is 24.9 Å². The Labute approximate surface area is 120 Å². The summed E-state index contributed by atoms with van der Waals surface area (Å²) in [5.41, 5.74) is 2.38. The highest BCUT2D eigenvalue weighted by atomic mass is 79.9. The number of rotatable bonds is 3. The smallest absolute Gasteiger partial charge is 0.0487 e. The van der Waals surface area contributed by atoms with E-state index in [0.717, 1.165) is 16.7 Å². The Balaban J connectivity index is 1.88. The summed E-state index contributed by atoms with van der Waals surface area (Å²) >= 11 is 3.55. The van der Waals surface area contributed by atoms with Crippen LogP contribution >= 0.6 is 15.9 Å². The highest BCUT2D eigenvalue weighted by Gasteiger charge is 2.02. The number of anilines is 1. The second-order valence-electron chi connectivity index (χ2n) is 4.35. The molecule has 0 amide bonds. The number of hydrogen-bond donors (Lipinski definition) is 1. The number of aromatic nitrogens is 1. The molecule has 1 aromatic heterocycles. The van der Waals surface area contributed by atoms with E-state index in [4.69, 9.17) is 0 Å². The van der Waals surface area contributed by atoms with Gasteiger partial charge in [-0.1, -0.05) is 30.3 Å². The quantitative estimate of drug-likeness (QED) is 0.764. The maximum absolute atomic E-state index is 4.16. The fourth-order valence-corrected chi connectivity index (χ4v) is 2.56. The molecule has 2 nitrogen and oxygen atoms in total. The van der Waals surface area contributed by atoms with Gasteiger partial charge < -0.3 is 5.32 Å². The number of para-hydroxylation sites is 1. The molecule has 3 heteroatoms. The third kappa shape index (κ3) is 2.61. The fourth-order valence-electron chi connectivity index (χ4n) is 2.14. The van der Waals surface area contributed by atoms with Gasteiger partial charge in [-0.2, -0.15) is 0 Å². The second kappa shape index (κ2) is 5.41. The molecule has 19 heavy (non-hydrogen) atoms. The standard InChI is InChI=1S/C16H13BrN2/c17-15-6-1-2-7-16(15)19-11-13-5-3-4-12-10-18-9-8-14(12)13/h1-10,19H,11H2. The van der Waals surface area contributed by atoms with Gasteiger partial charge in [0.05, 0.1) is 0 Å². The average molecular weight is 313 g/mol. The molecule has 1 heterocycles. The first-order valence-corrected chi connectivity index (χ1v) is 6.94. The molecule has 0 fully saturated rings. The van der Waals surface area contributed by atoms with Crippen LogP contribution in [0.15, 0.2) is 65.4 Å². The summed E-state index contributed by atoms with van der Waals surface area (Å²) in [6.07, 6.45) is 3.74. The van der Waals surface area contributed by atoms with Crippen molar-refractivity contribution in [2.75, 3.05) is 5.32 Å². The Morgan fingerprint density at radius 1 is 1.00 bits per heavy atom. The molecule has 3 aromatic rings. The monoisotopic (exact) mass is 312 g/mol. The molecule has 0 radical (unpaired) electrons. The maximum atomic E-state index is 4.16. The van der Waals surface area contributed by atoms with Crippen molar-refractivity contribution in [2.45, 2.75) is 6.54 Å². The van der Waals surface area contributed by atoms with Gasteiger partial charge in [-0.15, -0.1) is 0 Å². The van der Waals surface area contributed by atoms with E-state index in [9.17, 15) is 0 Å². The van der Waals surface area contributed by atoms with Gasteiger partial charge >= 0.3 is 0 Å². The van der Waals surface area contributed by atoms with Crippen LogP contribution in [-0.4, -0.2) is 4.98 Å². The SMILES string of the molecule is Brc1ccccc1NCc1cccc2cnccc12. The van der Waals surface area contributed by atoms with E-state index in [1.165, 1.54) is 16.3 Å². The molecular weight excluding hydrogens is 300 g/mol. The lowest BCUT2D eigenvalue weighted by Gasteiger charge is -2.10. The Morgan fingerprint density at radius 3 is 2.79 bits per heavy atom. The van der Waals surface area contributed by atoms with Gasteiger partial charge in [0.1, 0.15) is 0 Å². The minimum atomic E-state index is 0.796. The van der Waals surface area contributed by atoms with Gasteiger partial charge in [-0.05, 0) is 45.1 Å². The van der Waals surface area contributed by atoms with Gasteiger partial charge in [-0.3, -0.25) is 4.98 Å². The highest BCUT2D eigenvalue weighted by molar-refractivity contribution is 9.10. The van der Waals surface area contributed by atoms with Crippen LogP contribution in [0.25, 0.3) is 10.8 Å². The molecule has 0 spiro atoms. The zero-order valence-corrected chi connectivity index (χ0v) is 11.9. The van der Waals surface area contributed by atoms with E-state index in [-0.39, 0.29) is 0 Å². The number of fused-ring (bicyclic) bond motifs is 1. The van der Waals surface area contributed by atoms with Crippen molar-refractivity contribution < 1.29 is 0 Å². The Kier molecular flexibility index (Phi) is 3.47. The lowest BCUT2D eigenvalue weighted by Crippen LogP contribution is -2.00. The number of halogens is 1. The van der Waals surface area contributed by atoms with E-state index in [0.29, 0.717) is 0 Å². The lowest BCUT2D eigenvalue weighted by atomic mass is 10.1. The molecule has 0 aliphatic rings. The first kappa shape index (κ1) is 12.2. The van der Waals surface area contributed by atoms with Crippen molar-refractivity contribution in [1.82, 2.24) is 4.98 Å². The van der Waals surface area contributed by atoms with Crippen LogP contribution in [0, 0.1) is 0 Å². The normalized spacial score (nSPS) is 10.6. The van der Waals surface area contributed by atoms with Crippen molar-refractivity contribution >= 4 is 32.4 Å². The molecule has 0 unspecified atom stereocenters. The van der Waals surface area contributed by atoms with Crippen LogP contribution in [0.3, 0.4) is 0 Å². The number of pyridine rings is 1. The fraction of sp³-hybridized carbons (Fsp3) is 0.0625. The molecule has 0 saturated heterocycles. The number of benzene rings is 2. The molecule has 0 aliphatic carbocycles. The van der Waals surface area contributed by atoms with E-state index < -0.39 is 0 Å². The van der Waals surface area contributed by atoms with Gasteiger partial charge in [0, 0.05) is 34.5 Å². The third-order valence-electron chi connectivity index (χ3n) is 3.11. The summed E-state index contributed by atoms with van der Waals surface area (Å²) in [5, 5.41) is 5.88. The highest BCUT2D eigenvalue weighted by Crippen LogP contribution is 2.23. The summed E-state index contributed by atoms with van der Waals surface area (Å²) in [7, 11) is 0. The van der Waals surface area contributed by atoms with Gasteiger partial charge in [0.2, 0.25) is 0 Å². The molecule has 0 saturated carbocycles. The predicted molar refractivity (Wildman–Crippen MR) is 83.2 cm³/mol. The molecule has 3 rings (SSSR count). The maximum Gasteiger partial charge on any atom is 0.0487 e. The Bertz CT molecular complexity index is 704. The van der Waals surface area contributed by atoms with Crippen molar-refractivity contribution in [1.29, 1.82) is 0 Å². The minimum absolute atomic E-state index is 0.796. The molecule has 2 aromatic carbocycles. The number of nitrogens with one attached hydrogen (secondary N) is 1. The first-order chi connectivity index (χ1) is 9.34. The molecule has 1 N–H and O–H groups in total. The van der Waals surface area contributed by atoms with Crippen LogP contribution < -0.4 is 5.32 Å². The molecule has 0 atom stereocenters.